The molecule has 0 atom stereocenters. The summed E-state index contributed by atoms with van der Waals surface area (Å²) < 4.78 is 0. The second-order valence-electron chi connectivity index (χ2n) is 5.37. The molecule has 0 bridgehead atoms. The summed E-state index contributed by atoms with van der Waals surface area (Å²) in [5.74, 6) is 1.59. The predicted molar refractivity (Wildman–Crippen MR) is 80.7 cm³/mol. The average molecular weight is 275 g/mol. The Morgan fingerprint density at radius 1 is 0.895 bits per heavy atom. The highest BCUT2D eigenvalue weighted by Gasteiger charge is 2.09. The molecule has 0 N–H and O–H groups in total. The molecule has 100 valence electrons. The van der Waals surface area contributed by atoms with Gasteiger partial charge in [0.1, 0.15) is 11.0 Å². The number of rotatable bonds is 3. The van der Waals surface area contributed by atoms with Crippen LogP contribution in [0.25, 0.3) is 11.3 Å². The highest BCUT2D eigenvalue weighted by atomic mass is 35.5. The smallest absolute Gasteiger partial charge is 0.133 e. The molecular formula is C16H19ClN2. The molecule has 0 fully saturated rings. The summed E-state index contributed by atoms with van der Waals surface area (Å²) in [7, 11) is 0. The number of nitrogens with zero attached hydrogens (tertiary/aromatic N) is 2. The first-order chi connectivity index (χ1) is 8.97. The first-order valence-corrected chi connectivity index (χ1v) is 7.00. The number of hydrogen-bond acceptors (Lipinski definition) is 2. The second-order valence-corrected chi connectivity index (χ2v) is 5.75. The van der Waals surface area contributed by atoms with Gasteiger partial charge in [-0.05, 0) is 11.5 Å². The van der Waals surface area contributed by atoms with Crippen molar-refractivity contribution >= 4 is 11.6 Å². The SMILES string of the molecule is CC(C)c1ccc(-c2cc(Cl)nc(C(C)C)n2)cc1. The molecule has 1 aromatic carbocycles. The summed E-state index contributed by atoms with van der Waals surface area (Å²) in [5.41, 5.74) is 3.29. The van der Waals surface area contributed by atoms with Crippen LogP contribution in [0.2, 0.25) is 5.15 Å². The summed E-state index contributed by atoms with van der Waals surface area (Å²) in [5, 5.41) is 0.502. The van der Waals surface area contributed by atoms with Crippen LogP contribution in [-0.4, -0.2) is 9.97 Å². The highest BCUT2D eigenvalue weighted by Crippen LogP contribution is 2.24. The number of benzene rings is 1. The minimum atomic E-state index is 0.271. The van der Waals surface area contributed by atoms with Crippen molar-refractivity contribution in [1.29, 1.82) is 0 Å². The van der Waals surface area contributed by atoms with Gasteiger partial charge in [0.2, 0.25) is 0 Å². The van der Waals surface area contributed by atoms with Gasteiger partial charge in [-0.3, -0.25) is 0 Å². The van der Waals surface area contributed by atoms with Gasteiger partial charge in [0.15, 0.2) is 0 Å². The normalized spacial score (nSPS) is 11.3. The molecule has 0 aliphatic rings. The van der Waals surface area contributed by atoms with E-state index in [1.807, 2.05) is 6.07 Å². The fourth-order valence-corrected chi connectivity index (χ4v) is 2.07. The molecule has 2 aromatic rings. The van der Waals surface area contributed by atoms with E-state index in [0.29, 0.717) is 11.1 Å². The first-order valence-electron chi connectivity index (χ1n) is 6.62. The molecule has 1 heterocycles. The predicted octanol–water partition coefficient (Wildman–Crippen LogP) is 5.04. The highest BCUT2D eigenvalue weighted by molar-refractivity contribution is 6.29. The third kappa shape index (κ3) is 3.32. The maximum Gasteiger partial charge on any atom is 0.133 e. The molecule has 0 unspecified atom stereocenters. The van der Waals surface area contributed by atoms with Gasteiger partial charge in [0, 0.05) is 17.5 Å². The van der Waals surface area contributed by atoms with Crippen LogP contribution in [0.5, 0.6) is 0 Å². The van der Waals surface area contributed by atoms with Crippen LogP contribution in [0, 0.1) is 0 Å². The molecule has 3 heteroatoms. The average Bonchev–Trinajstić information content (AvgIpc) is 2.38. The van der Waals surface area contributed by atoms with Gasteiger partial charge >= 0.3 is 0 Å². The Morgan fingerprint density at radius 2 is 1.53 bits per heavy atom. The Balaban J connectivity index is 2.41. The lowest BCUT2D eigenvalue weighted by Gasteiger charge is -2.09. The second kappa shape index (κ2) is 5.70. The Labute approximate surface area is 119 Å². The maximum atomic E-state index is 6.07. The number of hydrogen-bond donors (Lipinski definition) is 0. The fourth-order valence-electron chi connectivity index (χ4n) is 1.88. The zero-order valence-corrected chi connectivity index (χ0v) is 12.6. The molecule has 2 rings (SSSR count). The van der Waals surface area contributed by atoms with Crippen LogP contribution in [0.3, 0.4) is 0 Å². The van der Waals surface area contributed by atoms with E-state index in [-0.39, 0.29) is 5.92 Å². The Morgan fingerprint density at radius 3 is 2.05 bits per heavy atom. The molecule has 0 aliphatic heterocycles. The van der Waals surface area contributed by atoms with Gasteiger partial charge in [-0.2, -0.15) is 0 Å². The molecular weight excluding hydrogens is 256 g/mol. The van der Waals surface area contributed by atoms with Crippen molar-refractivity contribution in [3.05, 3.63) is 46.9 Å². The summed E-state index contributed by atoms with van der Waals surface area (Å²) in [4.78, 5) is 8.84. The molecule has 0 aliphatic carbocycles. The molecule has 0 saturated carbocycles. The van der Waals surface area contributed by atoms with Gasteiger partial charge in [0.25, 0.3) is 0 Å². The first kappa shape index (κ1) is 14.0. The van der Waals surface area contributed by atoms with E-state index in [4.69, 9.17) is 11.6 Å². The Kier molecular flexibility index (Phi) is 4.20. The third-order valence-corrected chi connectivity index (χ3v) is 3.30. The van der Waals surface area contributed by atoms with Crippen LogP contribution in [0.15, 0.2) is 30.3 Å². The zero-order chi connectivity index (χ0) is 14.0. The van der Waals surface area contributed by atoms with E-state index in [0.717, 1.165) is 17.1 Å². The topological polar surface area (TPSA) is 25.8 Å². The molecule has 0 amide bonds. The number of aromatic nitrogens is 2. The van der Waals surface area contributed by atoms with E-state index >= 15 is 0 Å². The van der Waals surface area contributed by atoms with Crippen molar-refractivity contribution in [3.63, 3.8) is 0 Å². The van der Waals surface area contributed by atoms with Gasteiger partial charge in [-0.1, -0.05) is 63.6 Å². The van der Waals surface area contributed by atoms with Crippen molar-refractivity contribution in [1.82, 2.24) is 9.97 Å². The summed E-state index contributed by atoms with van der Waals surface area (Å²) >= 11 is 6.07. The largest absolute Gasteiger partial charge is 0.233 e. The molecule has 1 aromatic heterocycles. The summed E-state index contributed by atoms with van der Waals surface area (Å²) in [6, 6.07) is 10.3. The molecule has 0 spiro atoms. The van der Waals surface area contributed by atoms with Crippen molar-refractivity contribution in [2.45, 2.75) is 39.5 Å². The van der Waals surface area contributed by atoms with Crippen molar-refractivity contribution in [3.8, 4) is 11.3 Å². The quantitative estimate of drug-likeness (QED) is 0.733. The van der Waals surface area contributed by atoms with Gasteiger partial charge in [-0.15, -0.1) is 0 Å². The lowest BCUT2D eigenvalue weighted by molar-refractivity contribution is 0.776. The van der Waals surface area contributed by atoms with Gasteiger partial charge in [-0.25, -0.2) is 9.97 Å². The summed E-state index contributed by atoms with van der Waals surface area (Å²) in [6.07, 6.45) is 0. The van der Waals surface area contributed by atoms with Gasteiger partial charge < -0.3 is 0 Å². The van der Waals surface area contributed by atoms with Gasteiger partial charge in [0.05, 0.1) is 5.69 Å². The number of halogens is 1. The van der Waals surface area contributed by atoms with Crippen molar-refractivity contribution in [2.24, 2.45) is 0 Å². The lowest BCUT2D eigenvalue weighted by atomic mass is 10.0. The van der Waals surface area contributed by atoms with Crippen molar-refractivity contribution < 1.29 is 0 Å². The zero-order valence-electron chi connectivity index (χ0n) is 11.8. The van der Waals surface area contributed by atoms with Crippen molar-refractivity contribution in [2.75, 3.05) is 0 Å². The maximum absolute atomic E-state index is 6.07. The van der Waals surface area contributed by atoms with E-state index in [2.05, 4.69) is 61.9 Å². The van der Waals surface area contributed by atoms with Crippen LogP contribution < -0.4 is 0 Å². The fraction of sp³-hybridized carbons (Fsp3) is 0.375. The van der Waals surface area contributed by atoms with E-state index in [9.17, 15) is 0 Å². The van der Waals surface area contributed by atoms with Crippen LogP contribution in [-0.2, 0) is 0 Å². The standard InChI is InChI=1S/C16H19ClN2/c1-10(2)12-5-7-13(8-6-12)14-9-15(17)19-16(18-14)11(3)4/h5-11H,1-4H3. The summed E-state index contributed by atoms with van der Waals surface area (Å²) in [6.45, 7) is 8.51. The third-order valence-electron chi connectivity index (χ3n) is 3.10. The van der Waals surface area contributed by atoms with Crippen LogP contribution in [0.1, 0.15) is 50.9 Å². The van der Waals surface area contributed by atoms with E-state index < -0.39 is 0 Å². The minimum Gasteiger partial charge on any atom is -0.233 e. The van der Waals surface area contributed by atoms with Crippen LogP contribution in [0.4, 0.5) is 0 Å². The molecule has 2 nitrogen and oxygen atoms in total. The Hall–Kier alpha value is -1.41. The molecule has 19 heavy (non-hydrogen) atoms. The molecule has 0 saturated heterocycles. The Bertz CT molecular complexity index is 559. The monoisotopic (exact) mass is 274 g/mol. The molecule has 0 radical (unpaired) electrons. The van der Waals surface area contributed by atoms with E-state index in [1.165, 1.54) is 5.56 Å². The van der Waals surface area contributed by atoms with Crippen LogP contribution >= 0.6 is 11.6 Å². The van der Waals surface area contributed by atoms with E-state index in [1.54, 1.807) is 0 Å². The minimum absolute atomic E-state index is 0.271. The lowest BCUT2D eigenvalue weighted by Crippen LogP contribution is -1.99.